The van der Waals surface area contributed by atoms with Crippen LogP contribution >= 0.6 is 23.2 Å². The van der Waals surface area contributed by atoms with E-state index in [1.807, 2.05) is 0 Å². The highest BCUT2D eigenvalue weighted by atomic mass is 35.5. The van der Waals surface area contributed by atoms with E-state index in [0.717, 1.165) is 0 Å². The predicted octanol–water partition coefficient (Wildman–Crippen LogP) is 4.07. The van der Waals surface area contributed by atoms with E-state index in [4.69, 9.17) is 27.9 Å². The quantitative estimate of drug-likeness (QED) is 0.668. The molecule has 118 valence electrons. The molecule has 6 heteroatoms. The molecule has 1 aliphatic rings. The Morgan fingerprint density at radius 2 is 1.35 bits per heavy atom. The summed E-state index contributed by atoms with van der Waals surface area (Å²) in [5.74, 6) is -0.793. The average molecular weight is 350 g/mol. The molecule has 4 nitrogen and oxygen atoms in total. The van der Waals surface area contributed by atoms with E-state index in [9.17, 15) is 9.59 Å². The minimum atomic E-state index is -0.923. The van der Waals surface area contributed by atoms with Crippen LogP contribution in [0.5, 0.6) is 0 Å². The second-order valence-corrected chi connectivity index (χ2v) is 6.22. The van der Waals surface area contributed by atoms with Gasteiger partial charge in [0.05, 0.1) is 5.56 Å². The molecule has 3 rings (SSSR count). The van der Waals surface area contributed by atoms with E-state index in [-0.39, 0.29) is 5.91 Å². The predicted molar refractivity (Wildman–Crippen MR) is 87.8 cm³/mol. The van der Waals surface area contributed by atoms with Crippen molar-refractivity contribution in [1.29, 1.82) is 0 Å². The maximum absolute atomic E-state index is 12.2. The van der Waals surface area contributed by atoms with Gasteiger partial charge in [0, 0.05) is 28.5 Å². The van der Waals surface area contributed by atoms with Crippen LogP contribution in [0, 0.1) is 0 Å². The summed E-state index contributed by atoms with van der Waals surface area (Å²) in [6.07, 6.45) is 1.18. The fourth-order valence-electron chi connectivity index (χ4n) is 2.07. The van der Waals surface area contributed by atoms with Gasteiger partial charge in [-0.15, -0.1) is 0 Å². The number of nitrogens with one attached hydrogen (secondary N) is 1. The maximum atomic E-state index is 12.2. The number of halogens is 2. The third-order valence-electron chi connectivity index (χ3n) is 3.52. The first-order chi connectivity index (χ1) is 11.0. The van der Waals surface area contributed by atoms with E-state index < -0.39 is 11.7 Å². The number of amides is 1. The molecule has 1 aliphatic carbocycles. The van der Waals surface area contributed by atoms with E-state index in [2.05, 4.69) is 5.32 Å². The van der Waals surface area contributed by atoms with Crippen molar-refractivity contribution in [3.63, 3.8) is 0 Å². The fourth-order valence-corrected chi connectivity index (χ4v) is 2.32. The van der Waals surface area contributed by atoms with Gasteiger partial charge in [-0.05, 0) is 48.5 Å². The second-order valence-electron chi connectivity index (χ2n) is 5.35. The number of hydrogen-bond donors (Lipinski definition) is 1. The van der Waals surface area contributed by atoms with Crippen LogP contribution in [-0.4, -0.2) is 17.6 Å². The monoisotopic (exact) mass is 349 g/mol. The number of ether oxygens (including phenoxy) is 1. The third-order valence-corrected chi connectivity index (χ3v) is 4.02. The number of benzene rings is 2. The molecule has 0 atom stereocenters. The molecule has 23 heavy (non-hydrogen) atoms. The Labute approximate surface area is 143 Å². The molecular formula is C17H13Cl2NO3. The molecule has 0 heterocycles. The van der Waals surface area contributed by atoms with Crippen LogP contribution < -0.4 is 5.32 Å². The van der Waals surface area contributed by atoms with Gasteiger partial charge in [0.1, 0.15) is 0 Å². The van der Waals surface area contributed by atoms with Crippen LogP contribution in [0.15, 0.2) is 48.5 Å². The van der Waals surface area contributed by atoms with Gasteiger partial charge in [-0.3, -0.25) is 4.79 Å². The number of hydrogen-bond acceptors (Lipinski definition) is 3. The van der Waals surface area contributed by atoms with Crippen LogP contribution in [0.1, 0.15) is 33.6 Å². The number of carbonyl (C=O) groups excluding carboxylic acids is 2. The minimum absolute atomic E-state index is 0.303. The number of rotatable bonds is 4. The summed E-state index contributed by atoms with van der Waals surface area (Å²) in [7, 11) is 0. The van der Waals surface area contributed by atoms with Crippen LogP contribution in [0.3, 0.4) is 0 Å². The average Bonchev–Trinajstić information content (AvgIpc) is 3.27. The fraction of sp³-hybridized carbons (Fsp3) is 0.176. The lowest BCUT2D eigenvalue weighted by Crippen LogP contribution is -2.40. The number of esters is 1. The molecule has 1 amide bonds. The molecule has 0 unspecified atom stereocenters. The molecule has 2 aromatic rings. The van der Waals surface area contributed by atoms with E-state index in [0.29, 0.717) is 34.0 Å². The molecule has 0 radical (unpaired) electrons. The molecule has 1 saturated carbocycles. The molecule has 0 saturated heterocycles. The highest BCUT2D eigenvalue weighted by molar-refractivity contribution is 6.31. The summed E-state index contributed by atoms with van der Waals surface area (Å²) in [6.45, 7) is 0. The summed E-state index contributed by atoms with van der Waals surface area (Å²) < 4.78 is 5.45. The van der Waals surface area contributed by atoms with Gasteiger partial charge < -0.3 is 10.1 Å². The Morgan fingerprint density at radius 1 is 0.870 bits per heavy atom. The summed E-state index contributed by atoms with van der Waals surface area (Å²) in [5.41, 5.74) is -0.0717. The van der Waals surface area contributed by atoms with Crippen molar-refractivity contribution < 1.29 is 14.3 Å². The van der Waals surface area contributed by atoms with Crippen LogP contribution in [0.25, 0.3) is 0 Å². The van der Waals surface area contributed by atoms with Crippen molar-refractivity contribution >= 4 is 35.1 Å². The summed E-state index contributed by atoms with van der Waals surface area (Å²) in [5, 5.41) is 3.86. The molecular weight excluding hydrogens is 337 g/mol. The molecule has 0 aromatic heterocycles. The van der Waals surface area contributed by atoms with Crippen molar-refractivity contribution in [1.82, 2.24) is 5.32 Å². The van der Waals surface area contributed by atoms with Crippen molar-refractivity contribution in [2.24, 2.45) is 0 Å². The van der Waals surface area contributed by atoms with Crippen LogP contribution in [0.4, 0.5) is 0 Å². The van der Waals surface area contributed by atoms with Gasteiger partial charge in [-0.25, -0.2) is 4.79 Å². The van der Waals surface area contributed by atoms with Crippen molar-refractivity contribution in [3.8, 4) is 0 Å². The first-order valence-corrected chi connectivity index (χ1v) is 7.80. The van der Waals surface area contributed by atoms with Gasteiger partial charge in [-0.2, -0.15) is 0 Å². The highest BCUT2D eigenvalue weighted by Gasteiger charge is 2.48. The molecule has 2 aromatic carbocycles. The first kappa shape index (κ1) is 15.8. The number of carbonyl (C=O) groups is 2. The molecule has 1 N–H and O–H groups in total. The zero-order valence-electron chi connectivity index (χ0n) is 12.0. The lowest BCUT2D eigenvalue weighted by atomic mass is 10.2. The van der Waals surface area contributed by atoms with Crippen LogP contribution in [-0.2, 0) is 4.74 Å². The Kier molecular flexibility index (Phi) is 4.28. The molecule has 0 spiro atoms. The third kappa shape index (κ3) is 3.84. The maximum Gasteiger partial charge on any atom is 0.340 e. The standard InChI is InChI=1S/C17H13Cl2NO3/c18-13-5-1-11(2-6-13)15(21)20-17(9-10-17)23-16(22)12-3-7-14(19)8-4-12/h1-8H,9-10H2,(H,20,21). The van der Waals surface area contributed by atoms with Crippen molar-refractivity contribution in [3.05, 3.63) is 69.7 Å². The van der Waals surface area contributed by atoms with Gasteiger partial charge in [0.15, 0.2) is 5.72 Å². The van der Waals surface area contributed by atoms with Gasteiger partial charge in [0.2, 0.25) is 0 Å². The Morgan fingerprint density at radius 3 is 1.83 bits per heavy atom. The van der Waals surface area contributed by atoms with Gasteiger partial charge >= 0.3 is 5.97 Å². The zero-order chi connectivity index (χ0) is 16.4. The van der Waals surface area contributed by atoms with E-state index >= 15 is 0 Å². The zero-order valence-corrected chi connectivity index (χ0v) is 13.5. The SMILES string of the molecule is O=C(NC1(OC(=O)c2ccc(Cl)cc2)CC1)c1ccc(Cl)cc1. The van der Waals surface area contributed by atoms with Gasteiger partial charge in [0.25, 0.3) is 5.91 Å². The Balaban J connectivity index is 1.65. The summed E-state index contributed by atoms with van der Waals surface area (Å²) >= 11 is 11.6. The molecule has 1 fully saturated rings. The topological polar surface area (TPSA) is 55.4 Å². The van der Waals surface area contributed by atoms with E-state index in [1.165, 1.54) is 0 Å². The van der Waals surface area contributed by atoms with Crippen molar-refractivity contribution in [2.75, 3.05) is 0 Å². The largest absolute Gasteiger partial charge is 0.435 e. The Hall–Kier alpha value is -2.04. The lowest BCUT2D eigenvalue weighted by molar-refractivity contribution is 0.0128. The van der Waals surface area contributed by atoms with Crippen molar-refractivity contribution in [2.45, 2.75) is 18.6 Å². The smallest absolute Gasteiger partial charge is 0.340 e. The molecule has 0 bridgehead atoms. The Bertz CT molecular complexity index is 676. The lowest BCUT2D eigenvalue weighted by Gasteiger charge is -2.18. The second kappa shape index (κ2) is 6.22. The normalized spacial score (nSPS) is 14.9. The summed E-state index contributed by atoms with van der Waals surface area (Å²) in [4.78, 5) is 24.4. The molecule has 0 aliphatic heterocycles. The van der Waals surface area contributed by atoms with E-state index in [1.54, 1.807) is 48.5 Å². The summed E-state index contributed by atoms with van der Waals surface area (Å²) in [6, 6.07) is 12.9. The van der Waals surface area contributed by atoms with Crippen LogP contribution in [0.2, 0.25) is 10.0 Å². The highest BCUT2D eigenvalue weighted by Crippen LogP contribution is 2.37. The minimum Gasteiger partial charge on any atom is -0.435 e. The van der Waals surface area contributed by atoms with Gasteiger partial charge in [-0.1, -0.05) is 23.2 Å². The first-order valence-electron chi connectivity index (χ1n) is 7.04.